The van der Waals surface area contributed by atoms with E-state index in [2.05, 4.69) is 16.6 Å². The van der Waals surface area contributed by atoms with Crippen LogP contribution in [0.5, 0.6) is 0 Å². The van der Waals surface area contributed by atoms with Crippen LogP contribution in [0.4, 0.5) is 5.69 Å². The Bertz CT molecular complexity index is 596. The van der Waals surface area contributed by atoms with Gasteiger partial charge in [0, 0.05) is 11.6 Å². The molecule has 1 aromatic rings. The Labute approximate surface area is 108 Å². The second-order valence-corrected chi connectivity index (χ2v) is 3.35. The van der Waals surface area contributed by atoms with Gasteiger partial charge in [0.2, 0.25) is 0 Å². The lowest BCUT2D eigenvalue weighted by Gasteiger charge is -1.98. The van der Waals surface area contributed by atoms with Crippen LogP contribution in [-0.2, 0) is 9.53 Å². The van der Waals surface area contributed by atoms with Crippen LogP contribution < -0.4 is 0 Å². The van der Waals surface area contributed by atoms with Gasteiger partial charge in [0.05, 0.1) is 12.0 Å². The van der Waals surface area contributed by atoms with Crippen LogP contribution in [0.2, 0.25) is 0 Å². The van der Waals surface area contributed by atoms with Gasteiger partial charge in [-0.15, -0.1) is 0 Å². The van der Waals surface area contributed by atoms with Gasteiger partial charge in [0.15, 0.2) is 0 Å². The van der Waals surface area contributed by atoms with E-state index in [0.29, 0.717) is 0 Å². The zero-order valence-corrected chi connectivity index (χ0v) is 9.87. The van der Waals surface area contributed by atoms with Gasteiger partial charge in [0.25, 0.3) is 5.69 Å². The standard InChI is InChI=1S/C12H9NO6/c1-19-11(14)4-2-3-8-5-6-10(13(17)18)9(7-8)12(15)16/h5-7H,4H2,1H3,(H,15,16). The molecule has 0 spiro atoms. The third-order valence-corrected chi connectivity index (χ3v) is 2.12. The zero-order valence-electron chi connectivity index (χ0n) is 9.87. The van der Waals surface area contributed by atoms with E-state index in [0.717, 1.165) is 12.1 Å². The van der Waals surface area contributed by atoms with E-state index < -0.39 is 28.1 Å². The molecule has 0 fully saturated rings. The first-order valence-electron chi connectivity index (χ1n) is 5.03. The van der Waals surface area contributed by atoms with Gasteiger partial charge < -0.3 is 9.84 Å². The van der Waals surface area contributed by atoms with Gasteiger partial charge in [0.1, 0.15) is 12.0 Å². The van der Waals surface area contributed by atoms with Crippen molar-refractivity contribution in [2.45, 2.75) is 6.42 Å². The molecule has 0 aliphatic rings. The van der Waals surface area contributed by atoms with E-state index in [1.165, 1.54) is 13.2 Å². The lowest BCUT2D eigenvalue weighted by Crippen LogP contribution is -2.03. The third kappa shape index (κ3) is 3.81. The van der Waals surface area contributed by atoms with Crippen LogP contribution in [0, 0.1) is 22.0 Å². The Kier molecular flexibility index (Phi) is 4.60. The first-order chi connectivity index (χ1) is 8.95. The summed E-state index contributed by atoms with van der Waals surface area (Å²) in [5.41, 5.74) is -0.687. The van der Waals surface area contributed by atoms with Gasteiger partial charge in [-0.1, -0.05) is 11.8 Å². The monoisotopic (exact) mass is 263 g/mol. The lowest BCUT2D eigenvalue weighted by molar-refractivity contribution is -0.385. The summed E-state index contributed by atoms with van der Waals surface area (Å²) in [7, 11) is 1.22. The molecule has 1 rings (SSSR count). The molecule has 1 aromatic carbocycles. The highest BCUT2D eigenvalue weighted by Gasteiger charge is 2.19. The van der Waals surface area contributed by atoms with E-state index in [1.807, 2.05) is 0 Å². The molecule has 0 saturated carbocycles. The number of ether oxygens (including phenoxy) is 1. The van der Waals surface area contributed by atoms with Gasteiger partial charge >= 0.3 is 11.9 Å². The van der Waals surface area contributed by atoms with Gasteiger partial charge in [-0.25, -0.2) is 4.79 Å². The fourth-order valence-corrected chi connectivity index (χ4v) is 1.23. The minimum absolute atomic E-state index is 0.143. The number of rotatable bonds is 3. The molecule has 0 aliphatic carbocycles. The highest BCUT2D eigenvalue weighted by molar-refractivity contribution is 5.92. The molecule has 19 heavy (non-hydrogen) atoms. The molecule has 0 heterocycles. The molecule has 7 nitrogen and oxygen atoms in total. The minimum atomic E-state index is -1.41. The average Bonchev–Trinajstić information content (AvgIpc) is 2.38. The lowest BCUT2D eigenvalue weighted by atomic mass is 10.1. The summed E-state index contributed by atoms with van der Waals surface area (Å²) in [5, 5.41) is 19.5. The number of carboxylic acids is 1. The maximum atomic E-state index is 10.9. The van der Waals surface area contributed by atoms with Crippen LogP contribution in [0.1, 0.15) is 22.3 Å². The maximum absolute atomic E-state index is 10.9. The summed E-state index contributed by atoms with van der Waals surface area (Å²) in [4.78, 5) is 31.5. The maximum Gasteiger partial charge on any atom is 0.342 e. The number of esters is 1. The number of aromatic carboxylic acids is 1. The van der Waals surface area contributed by atoms with Crippen molar-refractivity contribution in [2.24, 2.45) is 0 Å². The fraction of sp³-hybridized carbons (Fsp3) is 0.167. The number of carbonyl (C=O) groups is 2. The Morgan fingerprint density at radius 2 is 2.16 bits per heavy atom. The molecule has 98 valence electrons. The molecule has 0 bridgehead atoms. The first-order valence-corrected chi connectivity index (χ1v) is 5.03. The highest BCUT2D eigenvalue weighted by atomic mass is 16.6. The second-order valence-electron chi connectivity index (χ2n) is 3.35. The number of carboxylic acid groups (broad SMARTS) is 1. The smallest absolute Gasteiger partial charge is 0.342 e. The van der Waals surface area contributed by atoms with Crippen molar-refractivity contribution < 1.29 is 24.4 Å². The largest absolute Gasteiger partial charge is 0.477 e. The number of hydrogen-bond acceptors (Lipinski definition) is 5. The molecule has 0 saturated heterocycles. The molecule has 0 unspecified atom stereocenters. The van der Waals surface area contributed by atoms with Crippen LogP contribution in [0.15, 0.2) is 18.2 Å². The number of hydrogen-bond donors (Lipinski definition) is 1. The number of benzene rings is 1. The minimum Gasteiger partial charge on any atom is -0.477 e. The molecule has 7 heteroatoms. The summed E-state index contributed by atoms with van der Waals surface area (Å²) in [6.07, 6.45) is -0.143. The van der Waals surface area contributed by atoms with Crippen molar-refractivity contribution in [1.82, 2.24) is 0 Å². The van der Waals surface area contributed by atoms with Crippen molar-refractivity contribution in [3.05, 3.63) is 39.4 Å². The van der Waals surface area contributed by atoms with Crippen LogP contribution in [0.25, 0.3) is 0 Å². The normalized spacial score (nSPS) is 9.11. The topological polar surface area (TPSA) is 107 Å². The van der Waals surface area contributed by atoms with Crippen molar-refractivity contribution in [3.8, 4) is 11.8 Å². The van der Waals surface area contributed by atoms with Gasteiger partial charge in [-0.05, 0) is 12.1 Å². The molecule has 1 N–H and O–H groups in total. The van der Waals surface area contributed by atoms with Crippen molar-refractivity contribution >= 4 is 17.6 Å². The van der Waals surface area contributed by atoms with Crippen LogP contribution in [0.3, 0.4) is 0 Å². The first kappa shape index (κ1) is 14.2. The predicted molar refractivity (Wildman–Crippen MR) is 63.6 cm³/mol. The molecule has 0 amide bonds. The summed E-state index contributed by atoms with van der Waals surface area (Å²) in [6.45, 7) is 0. The third-order valence-electron chi connectivity index (χ3n) is 2.12. The van der Waals surface area contributed by atoms with Crippen molar-refractivity contribution in [1.29, 1.82) is 0 Å². The van der Waals surface area contributed by atoms with E-state index >= 15 is 0 Å². The number of carbonyl (C=O) groups excluding carboxylic acids is 1. The molecule has 0 aromatic heterocycles. The highest BCUT2D eigenvalue weighted by Crippen LogP contribution is 2.19. The molecule has 0 aliphatic heterocycles. The Hall–Kier alpha value is -2.88. The number of methoxy groups -OCH3 is 1. The predicted octanol–water partition coefficient (Wildman–Crippen LogP) is 1.21. The van der Waals surface area contributed by atoms with Crippen molar-refractivity contribution in [2.75, 3.05) is 7.11 Å². The Morgan fingerprint density at radius 3 is 2.68 bits per heavy atom. The Balaban J connectivity index is 3.06. The quantitative estimate of drug-likeness (QED) is 0.380. The van der Waals surface area contributed by atoms with Gasteiger partial charge in [-0.3, -0.25) is 14.9 Å². The van der Waals surface area contributed by atoms with Crippen molar-refractivity contribution in [3.63, 3.8) is 0 Å². The Morgan fingerprint density at radius 1 is 1.47 bits per heavy atom. The molecular weight excluding hydrogens is 254 g/mol. The molecule has 0 radical (unpaired) electrons. The summed E-state index contributed by atoms with van der Waals surface area (Å²) < 4.78 is 4.38. The second kappa shape index (κ2) is 6.16. The molecular formula is C12H9NO6. The fourth-order valence-electron chi connectivity index (χ4n) is 1.23. The summed E-state index contributed by atoms with van der Waals surface area (Å²) in [6, 6.07) is 3.46. The number of nitrogens with zero attached hydrogens (tertiary/aromatic N) is 1. The van der Waals surface area contributed by atoms with E-state index in [1.54, 1.807) is 0 Å². The van der Waals surface area contributed by atoms with E-state index in [-0.39, 0.29) is 12.0 Å². The summed E-state index contributed by atoms with van der Waals surface area (Å²) in [5.74, 6) is 3.08. The number of nitro benzene ring substituents is 1. The van der Waals surface area contributed by atoms with Crippen LogP contribution in [-0.4, -0.2) is 29.1 Å². The molecule has 0 atom stereocenters. The van der Waals surface area contributed by atoms with Gasteiger partial charge in [-0.2, -0.15) is 0 Å². The summed E-state index contributed by atoms with van der Waals surface area (Å²) >= 11 is 0. The van der Waals surface area contributed by atoms with E-state index in [9.17, 15) is 19.7 Å². The number of nitro groups is 1. The van der Waals surface area contributed by atoms with Crippen LogP contribution >= 0.6 is 0 Å². The van der Waals surface area contributed by atoms with E-state index in [4.69, 9.17) is 5.11 Å². The zero-order chi connectivity index (χ0) is 14.4. The average molecular weight is 263 g/mol. The SMILES string of the molecule is COC(=O)CC#Cc1ccc([N+](=O)[O-])c(C(=O)O)c1.